The first-order valence-corrected chi connectivity index (χ1v) is 9.56. The Morgan fingerprint density at radius 1 is 1.27 bits per heavy atom. The third-order valence-corrected chi connectivity index (χ3v) is 5.29. The van der Waals surface area contributed by atoms with Gasteiger partial charge in [-0.25, -0.2) is 0 Å². The molecule has 1 amide bonds. The van der Waals surface area contributed by atoms with Crippen molar-refractivity contribution in [3.8, 4) is 11.5 Å². The lowest BCUT2D eigenvalue weighted by atomic mass is 10.0. The quantitative estimate of drug-likeness (QED) is 0.723. The van der Waals surface area contributed by atoms with Crippen molar-refractivity contribution >= 4 is 18.3 Å². The van der Waals surface area contributed by atoms with Gasteiger partial charge in [-0.2, -0.15) is 0 Å². The molecule has 1 aromatic carbocycles. The summed E-state index contributed by atoms with van der Waals surface area (Å²) in [5.41, 5.74) is 0.988. The molecule has 3 rings (SSSR count). The summed E-state index contributed by atoms with van der Waals surface area (Å²) in [6.45, 7) is 2.61. The van der Waals surface area contributed by atoms with Gasteiger partial charge in [0.05, 0.1) is 13.2 Å². The Morgan fingerprint density at radius 3 is 2.77 bits per heavy atom. The molecule has 1 aliphatic carbocycles. The van der Waals surface area contributed by atoms with Crippen molar-refractivity contribution in [3.05, 3.63) is 23.8 Å². The van der Waals surface area contributed by atoms with Crippen LogP contribution in [0.3, 0.4) is 0 Å². The van der Waals surface area contributed by atoms with Crippen LogP contribution in [0.4, 0.5) is 0 Å². The number of hydrogen-bond acceptors (Lipinski definition) is 4. The van der Waals surface area contributed by atoms with Crippen molar-refractivity contribution in [2.45, 2.75) is 57.6 Å². The van der Waals surface area contributed by atoms with Crippen LogP contribution in [-0.4, -0.2) is 32.2 Å². The Labute approximate surface area is 162 Å². The van der Waals surface area contributed by atoms with Crippen LogP contribution in [0.5, 0.6) is 11.5 Å². The second-order valence-corrected chi connectivity index (χ2v) is 7.15. The van der Waals surface area contributed by atoms with Crippen molar-refractivity contribution < 1.29 is 14.3 Å². The van der Waals surface area contributed by atoms with Crippen molar-refractivity contribution in [1.29, 1.82) is 0 Å². The monoisotopic (exact) mass is 382 g/mol. The van der Waals surface area contributed by atoms with Gasteiger partial charge in [-0.1, -0.05) is 12.1 Å². The van der Waals surface area contributed by atoms with Crippen LogP contribution in [0.2, 0.25) is 0 Å². The lowest BCUT2D eigenvalue weighted by Crippen LogP contribution is -2.24. The number of amides is 1. The molecule has 0 bridgehead atoms. The molecular weight excluding hydrogens is 352 g/mol. The van der Waals surface area contributed by atoms with Crippen molar-refractivity contribution in [2.24, 2.45) is 5.92 Å². The van der Waals surface area contributed by atoms with E-state index in [4.69, 9.17) is 9.47 Å². The van der Waals surface area contributed by atoms with Crippen LogP contribution < -0.4 is 20.1 Å². The number of rotatable bonds is 8. The van der Waals surface area contributed by atoms with E-state index in [9.17, 15) is 4.79 Å². The van der Waals surface area contributed by atoms with Gasteiger partial charge in [0.15, 0.2) is 11.5 Å². The standard InChI is InChI=1S/C20H30N2O3.ClH/c1-24-18-8-4-5-16(20(18)25-17-6-2-3-7-17)14-22-19(23)10-9-15-11-12-21-13-15;/h4-5,8,15,17,21H,2-3,6-7,9-14H2,1H3,(H,22,23);1H. The molecule has 5 nitrogen and oxygen atoms in total. The van der Waals surface area contributed by atoms with Crippen LogP contribution in [0.1, 0.15) is 50.5 Å². The molecular formula is C20H31ClN2O3. The van der Waals surface area contributed by atoms with E-state index in [-0.39, 0.29) is 24.4 Å². The molecule has 0 spiro atoms. The second kappa shape index (κ2) is 10.6. The normalized spacial score (nSPS) is 19.8. The molecule has 1 saturated heterocycles. The van der Waals surface area contributed by atoms with Crippen LogP contribution in [0, 0.1) is 5.92 Å². The molecule has 26 heavy (non-hydrogen) atoms. The van der Waals surface area contributed by atoms with Crippen molar-refractivity contribution in [2.75, 3.05) is 20.2 Å². The average Bonchev–Trinajstić information content (AvgIpc) is 3.32. The second-order valence-electron chi connectivity index (χ2n) is 7.15. The number of nitrogens with one attached hydrogen (secondary N) is 2. The lowest BCUT2D eigenvalue weighted by Gasteiger charge is -2.19. The summed E-state index contributed by atoms with van der Waals surface area (Å²) in [5.74, 6) is 2.29. The summed E-state index contributed by atoms with van der Waals surface area (Å²) in [4.78, 5) is 12.2. The zero-order valence-corrected chi connectivity index (χ0v) is 16.4. The summed E-state index contributed by atoms with van der Waals surface area (Å²) < 4.78 is 11.7. The topological polar surface area (TPSA) is 59.6 Å². The van der Waals surface area contributed by atoms with Crippen LogP contribution in [0.25, 0.3) is 0 Å². The van der Waals surface area contributed by atoms with Gasteiger partial charge in [0, 0.05) is 18.5 Å². The Hall–Kier alpha value is -1.46. The van der Waals surface area contributed by atoms with Gasteiger partial charge in [-0.05, 0) is 63.6 Å². The Morgan fingerprint density at radius 2 is 2.08 bits per heavy atom. The minimum Gasteiger partial charge on any atom is -0.493 e. The number of halogens is 1. The van der Waals surface area contributed by atoms with Crippen molar-refractivity contribution in [1.82, 2.24) is 10.6 Å². The summed E-state index contributed by atoms with van der Waals surface area (Å²) in [6, 6.07) is 5.88. The number of carbonyl (C=O) groups is 1. The first-order chi connectivity index (χ1) is 12.3. The molecule has 0 radical (unpaired) electrons. The number of hydrogen-bond donors (Lipinski definition) is 2. The minimum absolute atomic E-state index is 0. The highest BCUT2D eigenvalue weighted by atomic mass is 35.5. The van der Waals surface area contributed by atoms with E-state index in [0.717, 1.165) is 49.4 Å². The highest BCUT2D eigenvalue weighted by Crippen LogP contribution is 2.34. The van der Waals surface area contributed by atoms with E-state index in [0.29, 0.717) is 18.9 Å². The van der Waals surface area contributed by atoms with E-state index >= 15 is 0 Å². The lowest BCUT2D eigenvalue weighted by molar-refractivity contribution is -0.121. The maximum Gasteiger partial charge on any atom is 0.220 e. The maximum absolute atomic E-state index is 12.2. The third-order valence-electron chi connectivity index (χ3n) is 5.29. The number of ether oxygens (including phenoxy) is 2. The Kier molecular flexibility index (Phi) is 8.52. The highest BCUT2D eigenvalue weighted by Gasteiger charge is 2.21. The van der Waals surface area contributed by atoms with Crippen LogP contribution in [-0.2, 0) is 11.3 Å². The van der Waals surface area contributed by atoms with Gasteiger partial charge < -0.3 is 20.1 Å². The zero-order valence-electron chi connectivity index (χ0n) is 15.6. The van der Waals surface area contributed by atoms with Gasteiger partial charge in [-0.3, -0.25) is 4.79 Å². The molecule has 1 heterocycles. The molecule has 1 atom stereocenters. The third kappa shape index (κ3) is 5.78. The molecule has 0 aromatic heterocycles. The number of carbonyl (C=O) groups excluding carboxylic acids is 1. The van der Waals surface area contributed by atoms with Crippen molar-refractivity contribution in [3.63, 3.8) is 0 Å². The molecule has 2 N–H and O–H groups in total. The first-order valence-electron chi connectivity index (χ1n) is 9.56. The summed E-state index contributed by atoms with van der Waals surface area (Å²) in [5, 5.41) is 6.39. The molecule has 1 aliphatic heterocycles. The largest absolute Gasteiger partial charge is 0.493 e. The maximum atomic E-state index is 12.2. The molecule has 2 fully saturated rings. The SMILES string of the molecule is COc1cccc(CNC(=O)CCC2CCNC2)c1OC1CCCC1.Cl. The predicted molar refractivity (Wildman–Crippen MR) is 105 cm³/mol. The molecule has 1 unspecified atom stereocenters. The van der Waals surface area contributed by atoms with Crippen LogP contribution in [0.15, 0.2) is 18.2 Å². The van der Waals surface area contributed by atoms with Crippen LogP contribution >= 0.6 is 12.4 Å². The molecule has 2 aliphatic rings. The number of benzene rings is 1. The highest BCUT2D eigenvalue weighted by molar-refractivity contribution is 5.85. The Balaban J connectivity index is 0.00000243. The molecule has 146 valence electrons. The average molecular weight is 383 g/mol. The predicted octanol–water partition coefficient (Wildman–Crippen LogP) is 3.44. The van der Waals surface area contributed by atoms with E-state index in [2.05, 4.69) is 10.6 Å². The van der Waals surface area contributed by atoms with Gasteiger partial charge in [0.1, 0.15) is 0 Å². The van der Waals surface area contributed by atoms with E-state index < -0.39 is 0 Å². The van der Waals surface area contributed by atoms with Gasteiger partial charge in [0.2, 0.25) is 5.91 Å². The smallest absolute Gasteiger partial charge is 0.220 e. The van der Waals surface area contributed by atoms with Gasteiger partial charge in [0.25, 0.3) is 0 Å². The molecule has 1 aromatic rings. The number of para-hydroxylation sites is 1. The number of methoxy groups -OCH3 is 1. The van der Waals surface area contributed by atoms with Gasteiger partial charge >= 0.3 is 0 Å². The fourth-order valence-corrected chi connectivity index (χ4v) is 3.75. The molecule has 1 saturated carbocycles. The zero-order chi connectivity index (χ0) is 17.5. The Bertz CT molecular complexity index is 570. The van der Waals surface area contributed by atoms with E-state index in [1.54, 1.807) is 7.11 Å². The summed E-state index contributed by atoms with van der Waals surface area (Å²) in [6.07, 6.45) is 7.64. The summed E-state index contributed by atoms with van der Waals surface area (Å²) >= 11 is 0. The fraction of sp³-hybridized carbons (Fsp3) is 0.650. The summed E-state index contributed by atoms with van der Waals surface area (Å²) in [7, 11) is 1.66. The van der Waals surface area contributed by atoms with E-state index in [1.165, 1.54) is 19.3 Å². The van der Waals surface area contributed by atoms with E-state index in [1.807, 2.05) is 18.2 Å². The fourth-order valence-electron chi connectivity index (χ4n) is 3.75. The first kappa shape index (κ1) is 20.8. The van der Waals surface area contributed by atoms with Gasteiger partial charge in [-0.15, -0.1) is 12.4 Å². The minimum atomic E-state index is 0. The molecule has 6 heteroatoms.